The predicted molar refractivity (Wildman–Crippen MR) is 70.7 cm³/mol. The molecule has 0 amide bonds. The Balaban J connectivity index is 2.66. The highest BCUT2D eigenvalue weighted by atomic mass is 16.6. The highest BCUT2D eigenvalue weighted by Gasteiger charge is 2.16. The normalized spacial score (nSPS) is 11.6. The Morgan fingerprint density at radius 3 is 2.61 bits per heavy atom. The molecule has 0 atom stereocenters. The number of benzene rings is 1. The highest BCUT2D eigenvalue weighted by Crippen LogP contribution is 2.19. The van der Waals surface area contributed by atoms with E-state index in [1.807, 2.05) is 30.3 Å². The van der Waals surface area contributed by atoms with Crippen LogP contribution in [0.25, 0.3) is 11.3 Å². The first-order valence-corrected chi connectivity index (χ1v) is 5.57. The molecule has 0 spiro atoms. The van der Waals surface area contributed by atoms with Crippen LogP contribution < -0.4 is 5.56 Å². The van der Waals surface area contributed by atoms with Crippen LogP contribution in [0.3, 0.4) is 0 Å². The quantitative estimate of drug-likeness (QED) is 0.661. The summed E-state index contributed by atoms with van der Waals surface area (Å²) in [6, 6.07) is 9.66. The summed E-state index contributed by atoms with van der Waals surface area (Å²) in [6.07, 6.45) is 0. The first-order chi connectivity index (χ1) is 8.65. The largest absolute Gasteiger partial charge is 0.399 e. The molecule has 94 valence electrons. The van der Waals surface area contributed by atoms with Gasteiger partial charge in [-0.05, 0) is 6.92 Å². The Hall–Kier alpha value is -2.30. The molecule has 0 aliphatic heterocycles. The van der Waals surface area contributed by atoms with E-state index in [1.54, 1.807) is 14.0 Å². The van der Waals surface area contributed by atoms with Crippen LogP contribution in [0.15, 0.2) is 40.3 Å². The molecule has 5 nitrogen and oxygen atoms in total. The number of nitrogens with one attached hydrogen (secondary N) is 1. The Bertz CT molecular complexity index is 623. The van der Waals surface area contributed by atoms with Gasteiger partial charge in [0.1, 0.15) is 7.11 Å². The Kier molecular flexibility index (Phi) is 3.32. The number of hydrogen-bond acceptors (Lipinski definition) is 3. The fourth-order valence-corrected chi connectivity index (χ4v) is 1.88. The molecule has 0 bridgehead atoms. The van der Waals surface area contributed by atoms with Gasteiger partial charge in [-0.25, -0.2) is 0 Å². The van der Waals surface area contributed by atoms with E-state index in [2.05, 4.69) is 10.3 Å². The van der Waals surface area contributed by atoms with Crippen molar-refractivity contribution in [2.75, 3.05) is 7.11 Å². The van der Waals surface area contributed by atoms with E-state index < -0.39 is 0 Å². The zero-order valence-electron chi connectivity index (χ0n) is 10.6. The average Bonchev–Trinajstić information content (AvgIpc) is 2.67. The second kappa shape index (κ2) is 4.91. The van der Waals surface area contributed by atoms with Crippen molar-refractivity contribution in [1.29, 1.82) is 0 Å². The van der Waals surface area contributed by atoms with E-state index in [1.165, 1.54) is 11.8 Å². The number of H-pyrrole nitrogens is 1. The van der Waals surface area contributed by atoms with Gasteiger partial charge < -0.3 is 4.84 Å². The maximum atomic E-state index is 12.1. The van der Waals surface area contributed by atoms with Crippen LogP contribution in [-0.2, 0) is 11.9 Å². The second-order valence-corrected chi connectivity index (χ2v) is 3.95. The molecule has 1 N–H and O–H groups in total. The molecule has 0 saturated heterocycles. The molecule has 0 saturated carbocycles. The van der Waals surface area contributed by atoms with Crippen LogP contribution in [0.5, 0.6) is 0 Å². The fraction of sp³-hybridized carbons (Fsp3) is 0.231. The van der Waals surface area contributed by atoms with Crippen LogP contribution in [0.2, 0.25) is 0 Å². The molecule has 5 heteroatoms. The minimum atomic E-state index is -0.118. The van der Waals surface area contributed by atoms with E-state index in [9.17, 15) is 4.79 Å². The third-order valence-corrected chi connectivity index (χ3v) is 2.70. The lowest BCUT2D eigenvalue weighted by Gasteiger charge is -2.01. The van der Waals surface area contributed by atoms with Crippen molar-refractivity contribution in [2.24, 2.45) is 12.2 Å². The number of aromatic amines is 1. The topological polar surface area (TPSA) is 59.4 Å². The van der Waals surface area contributed by atoms with Gasteiger partial charge in [-0.3, -0.25) is 14.6 Å². The summed E-state index contributed by atoms with van der Waals surface area (Å²) in [7, 11) is 3.14. The summed E-state index contributed by atoms with van der Waals surface area (Å²) in [6.45, 7) is 1.75. The molecular weight excluding hydrogens is 230 g/mol. The summed E-state index contributed by atoms with van der Waals surface area (Å²) in [5, 5.41) is 6.87. The average molecular weight is 245 g/mol. The predicted octanol–water partition coefficient (Wildman–Crippen LogP) is 1.75. The third-order valence-electron chi connectivity index (χ3n) is 2.70. The number of hydrogen-bond donors (Lipinski definition) is 1. The lowest BCUT2D eigenvalue weighted by Crippen LogP contribution is -2.18. The first-order valence-electron chi connectivity index (χ1n) is 5.57. The van der Waals surface area contributed by atoms with Crippen LogP contribution in [-0.4, -0.2) is 22.6 Å². The number of aryl methyl sites for hydroxylation is 1. The smallest absolute Gasteiger partial charge is 0.276 e. The van der Waals surface area contributed by atoms with Crippen LogP contribution in [0.1, 0.15) is 12.5 Å². The number of aromatic nitrogens is 2. The molecule has 1 aromatic heterocycles. The lowest BCUT2D eigenvalue weighted by atomic mass is 10.1. The number of oxime groups is 1. The minimum absolute atomic E-state index is 0.118. The molecule has 18 heavy (non-hydrogen) atoms. The van der Waals surface area contributed by atoms with E-state index in [0.29, 0.717) is 11.3 Å². The molecule has 2 rings (SSSR count). The second-order valence-electron chi connectivity index (χ2n) is 3.95. The van der Waals surface area contributed by atoms with Crippen molar-refractivity contribution in [3.63, 3.8) is 0 Å². The van der Waals surface area contributed by atoms with Crippen molar-refractivity contribution in [3.05, 3.63) is 46.2 Å². The lowest BCUT2D eigenvalue weighted by molar-refractivity contribution is 0.213. The maximum absolute atomic E-state index is 12.1. The van der Waals surface area contributed by atoms with E-state index in [4.69, 9.17) is 4.84 Å². The van der Waals surface area contributed by atoms with Gasteiger partial charge in [0, 0.05) is 12.6 Å². The van der Waals surface area contributed by atoms with Gasteiger partial charge in [0.15, 0.2) is 0 Å². The standard InChI is InChI=1S/C13H15N3O2/c1-9(15-18-3)11-12(14-16(2)13(11)17)10-7-5-4-6-8-10/h4-8,14H,1-3H3/b15-9+. The maximum Gasteiger partial charge on any atom is 0.276 e. The molecular formula is C13H15N3O2. The summed E-state index contributed by atoms with van der Waals surface area (Å²) in [4.78, 5) is 16.8. The zero-order valence-corrected chi connectivity index (χ0v) is 10.6. The summed E-state index contributed by atoms with van der Waals surface area (Å²) in [5.74, 6) is 0. The summed E-state index contributed by atoms with van der Waals surface area (Å²) >= 11 is 0. The number of rotatable bonds is 3. The molecule has 0 aliphatic carbocycles. The van der Waals surface area contributed by atoms with Crippen LogP contribution in [0, 0.1) is 0 Å². The molecule has 0 aliphatic rings. The molecule has 2 aromatic rings. The van der Waals surface area contributed by atoms with Crippen molar-refractivity contribution in [2.45, 2.75) is 6.92 Å². The van der Waals surface area contributed by atoms with Crippen molar-refractivity contribution in [1.82, 2.24) is 9.78 Å². The highest BCUT2D eigenvalue weighted by molar-refractivity contribution is 6.03. The van der Waals surface area contributed by atoms with Crippen LogP contribution in [0.4, 0.5) is 0 Å². The summed E-state index contributed by atoms with van der Waals surface area (Å²) < 4.78 is 1.44. The Morgan fingerprint density at radius 2 is 2.00 bits per heavy atom. The number of nitrogens with zero attached hydrogens (tertiary/aromatic N) is 2. The summed E-state index contributed by atoms with van der Waals surface area (Å²) in [5.41, 5.74) is 2.66. The minimum Gasteiger partial charge on any atom is -0.399 e. The molecule has 0 unspecified atom stereocenters. The SMILES string of the molecule is CO/N=C(\C)c1c(-c2ccccc2)[nH]n(C)c1=O. The third kappa shape index (κ3) is 2.07. The Labute approximate surface area is 105 Å². The molecule has 0 radical (unpaired) electrons. The van der Waals surface area contributed by atoms with Gasteiger partial charge in [0.25, 0.3) is 5.56 Å². The molecule has 1 heterocycles. The first kappa shape index (κ1) is 12.2. The van der Waals surface area contributed by atoms with Crippen molar-refractivity contribution in [3.8, 4) is 11.3 Å². The van der Waals surface area contributed by atoms with Crippen molar-refractivity contribution < 1.29 is 4.84 Å². The van der Waals surface area contributed by atoms with Crippen molar-refractivity contribution >= 4 is 5.71 Å². The van der Waals surface area contributed by atoms with Gasteiger partial charge in [0.05, 0.1) is 17.0 Å². The van der Waals surface area contributed by atoms with Gasteiger partial charge in [-0.1, -0.05) is 35.5 Å². The van der Waals surface area contributed by atoms with E-state index in [-0.39, 0.29) is 5.56 Å². The van der Waals surface area contributed by atoms with Gasteiger partial charge in [-0.2, -0.15) is 0 Å². The van der Waals surface area contributed by atoms with Gasteiger partial charge in [0.2, 0.25) is 0 Å². The monoisotopic (exact) mass is 245 g/mol. The fourth-order valence-electron chi connectivity index (χ4n) is 1.88. The van der Waals surface area contributed by atoms with E-state index >= 15 is 0 Å². The molecule has 1 aromatic carbocycles. The zero-order chi connectivity index (χ0) is 13.1. The van der Waals surface area contributed by atoms with Gasteiger partial charge >= 0.3 is 0 Å². The molecule has 0 fully saturated rings. The van der Waals surface area contributed by atoms with E-state index in [0.717, 1.165) is 11.3 Å². The van der Waals surface area contributed by atoms with Crippen LogP contribution >= 0.6 is 0 Å². The van der Waals surface area contributed by atoms with Gasteiger partial charge in [-0.15, -0.1) is 0 Å². The Morgan fingerprint density at radius 1 is 1.33 bits per heavy atom.